The summed E-state index contributed by atoms with van der Waals surface area (Å²) in [6, 6.07) is 4.40. The number of nitrogens with two attached hydrogens (primary N) is 1. The van der Waals surface area contributed by atoms with Crippen LogP contribution in [0.3, 0.4) is 0 Å². The van der Waals surface area contributed by atoms with Crippen molar-refractivity contribution in [1.29, 1.82) is 0 Å². The van der Waals surface area contributed by atoms with Crippen LogP contribution in [0.25, 0.3) is 0 Å². The van der Waals surface area contributed by atoms with Crippen molar-refractivity contribution in [1.82, 2.24) is 4.90 Å². The number of nitrogens with zero attached hydrogens (tertiary/aromatic N) is 1. The van der Waals surface area contributed by atoms with E-state index in [1.54, 1.807) is 6.07 Å². The van der Waals surface area contributed by atoms with Crippen LogP contribution >= 0.6 is 0 Å². The van der Waals surface area contributed by atoms with E-state index < -0.39 is 11.6 Å². The van der Waals surface area contributed by atoms with Gasteiger partial charge in [0.2, 0.25) is 0 Å². The normalized spacial score (nSPS) is 25.8. The molecule has 94 valence electrons. The molecule has 1 aromatic carbocycles. The maximum absolute atomic E-state index is 13.3. The Morgan fingerprint density at radius 3 is 2.59 bits per heavy atom. The van der Waals surface area contributed by atoms with Crippen LogP contribution in [-0.2, 0) is 0 Å². The van der Waals surface area contributed by atoms with Crippen LogP contribution in [0.4, 0.5) is 8.78 Å². The van der Waals surface area contributed by atoms with Gasteiger partial charge in [0, 0.05) is 18.6 Å². The summed E-state index contributed by atoms with van der Waals surface area (Å²) in [6.45, 7) is 5.08. The Morgan fingerprint density at radius 2 is 2.00 bits per heavy atom. The molecule has 1 fully saturated rings. The van der Waals surface area contributed by atoms with Crippen molar-refractivity contribution < 1.29 is 8.78 Å². The SMILES string of the molecule is CC(C)N1CCC(N)C1c1ccc(F)c(F)c1. The molecule has 0 amide bonds. The van der Waals surface area contributed by atoms with Crippen LogP contribution in [0, 0.1) is 11.6 Å². The van der Waals surface area contributed by atoms with Gasteiger partial charge in [-0.15, -0.1) is 0 Å². The summed E-state index contributed by atoms with van der Waals surface area (Å²) in [6.07, 6.45) is 0.891. The highest BCUT2D eigenvalue weighted by Gasteiger charge is 2.34. The second kappa shape index (κ2) is 4.70. The maximum atomic E-state index is 13.3. The van der Waals surface area contributed by atoms with E-state index in [-0.39, 0.29) is 12.1 Å². The number of halogens is 2. The smallest absolute Gasteiger partial charge is 0.159 e. The van der Waals surface area contributed by atoms with E-state index in [2.05, 4.69) is 18.7 Å². The minimum Gasteiger partial charge on any atom is -0.326 e. The van der Waals surface area contributed by atoms with E-state index in [0.29, 0.717) is 6.04 Å². The van der Waals surface area contributed by atoms with Gasteiger partial charge in [0.1, 0.15) is 0 Å². The van der Waals surface area contributed by atoms with Crippen LogP contribution in [0.2, 0.25) is 0 Å². The van der Waals surface area contributed by atoms with E-state index in [1.807, 2.05) is 0 Å². The molecule has 1 saturated heterocycles. The molecule has 1 aliphatic rings. The fraction of sp³-hybridized carbons (Fsp3) is 0.538. The van der Waals surface area contributed by atoms with Crippen molar-refractivity contribution in [3.63, 3.8) is 0 Å². The van der Waals surface area contributed by atoms with Gasteiger partial charge in [0.15, 0.2) is 11.6 Å². The zero-order valence-electron chi connectivity index (χ0n) is 10.2. The van der Waals surface area contributed by atoms with E-state index in [0.717, 1.165) is 18.5 Å². The first kappa shape index (κ1) is 12.5. The summed E-state index contributed by atoms with van der Waals surface area (Å²) in [5.74, 6) is -1.61. The molecule has 0 saturated carbocycles. The summed E-state index contributed by atoms with van der Waals surface area (Å²) in [5, 5.41) is 0. The first-order valence-electron chi connectivity index (χ1n) is 5.97. The maximum Gasteiger partial charge on any atom is 0.159 e. The van der Waals surface area contributed by atoms with Crippen molar-refractivity contribution in [2.75, 3.05) is 6.54 Å². The summed E-state index contributed by atoms with van der Waals surface area (Å²) < 4.78 is 26.2. The van der Waals surface area contributed by atoms with Crippen LogP contribution in [0.5, 0.6) is 0 Å². The molecule has 1 aliphatic heterocycles. The lowest BCUT2D eigenvalue weighted by molar-refractivity contribution is 0.197. The molecule has 0 bridgehead atoms. The molecule has 1 aromatic rings. The predicted molar refractivity (Wildman–Crippen MR) is 63.5 cm³/mol. The summed E-state index contributed by atoms with van der Waals surface area (Å²) >= 11 is 0. The fourth-order valence-electron chi connectivity index (χ4n) is 2.56. The molecule has 0 aliphatic carbocycles. The number of hydrogen-bond acceptors (Lipinski definition) is 2. The minimum atomic E-state index is -0.809. The van der Waals surface area contributed by atoms with E-state index >= 15 is 0 Å². The average molecular weight is 240 g/mol. The number of rotatable bonds is 2. The third-order valence-corrected chi connectivity index (χ3v) is 3.43. The van der Waals surface area contributed by atoms with Gasteiger partial charge in [-0.1, -0.05) is 6.07 Å². The molecule has 2 unspecified atom stereocenters. The lowest BCUT2D eigenvalue weighted by Gasteiger charge is -2.30. The van der Waals surface area contributed by atoms with E-state index in [9.17, 15) is 8.78 Å². The third-order valence-electron chi connectivity index (χ3n) is 3.43. The van der Waals surface area contributed by atoms with Crippen LogP contribution in [0.15, 0.2) is 18.2 Å². The Hall–Kier alpha value is -1.00. The molecule has 2 N–H and O–H groups in total. The second-order valence-electron chi connectivity index (χ2n) is 4.90. The third kappa shape index (κ3) is 2.33. The van der Waals surface area contributed by atoms with Gasteiger partial charge in [-0.05, 0) is 38.0 Å². The largest absolute Gasteiger partial charge is 0.326 e. The molecular formula is C13H18F2N2. The molecular weight excluding hydrogens is 222 g/mol. The second-order valence-corrected chi connectivity index (χ2v) is 4.90. The predicted octanol–water partition coefficient (Wildman–Crippen LogP) is 2.45. The number of benzene rings is 1. The summed E-state index contributed by atoms with van der Waals surface area (Å²) in [5.41, 5.74) is 6.84. The Labute approximate surface area is 100 Å². The van der Waals surface area contributed by atoms with E-state index in [4.69, 9.17) is 5.73 Å². The Morgan fingerprint density at radius 1 is 1.29 bits per heavy atom. The van der Waals surface area contributed by atoms with Gasteiger partial charge in [0.05, 0.1) is 6.04 Å². The van der Waals surface area contributed by atoms with Crippen molar-refractivity contribution in [2.45, 2.75) is 38.4 Å². The minimum absolute atomic E-state index is 0.00917. The molecule has 17 heavy (non-hydrogen) atoms. The summed E-state index contributed by atoms with van der Waals surface area (Å²) in [7, 11) is 0. The van der Waals surface area contributed by atoms with Crippen molar-refractivity contribution in [3.05, 3.63) is 35.4 Å². The molecule has 2 atom stereocenters. The van der Waals surface area contributed by atoms with Gasteiger partial charge >= 0.3 is 0 Å². The molecule has 1 heterocycles. The summed E-state index contributed by atoms with van der Waals surface area (Å²) in [4.78, 5) is 2.23. The molecule has 0 radical (unpaired) electrons. The van der Waals surface area contributed by atoms with Gasteiger partial charge in [-0.3, -0.25) is 4.90 Å². The van der Waals surface area contributed by atoms with Gasteiger partial charge in [-0.2, -0.15) is 0 Å². The van der Waals surface area contributed by atoms with Crippen molar-refractivity contribution >= 4 is 0 Å². The highest BCUT2D eigenvalue weighted by molar-refractivity contribution is 5.24. The highest BCUT2D eigenvalue weighted by atomic mass is 19.2. The van der Waals surface area contributed by atoms with Gasteiger partial charge in [0.25, 0.3) is 0 Å². The van der Waals surface area contributed by atoms with Gasteiger partial charge < -0.3 is 5.73 Å². The molecule has 0 aromatic heterocycles. The van der Waals surface area contributed by atoms with Crippen LogP contribution < -0.4 is 5.73 Å². The number of hydrogen-bond donors (Lipinski definition) is 1. The Kier molecular flexibility index (Phi) is 3.45. The first-order chi connectivity index (χ1) is 8.00. The Bertz CT molecular complexity index is 406. The Balaban J connectivity index is 2.33. The lowest BCUT2D eigenvalue weighted by atomic mass is 10.00. The highest BCUT2D eigenvalue weighted by Crippen LogP contribution is 2.33. The quantitative estimate of drug-likeness (QED) is 0.860. The number of likely N-dealkylation sites (tertiary alicyclic amines) is 1. The zero-order valence-corrected chi connectivity index (χ0v) is 10.2. The van der Waals surface area contributed by atoms with Crippen molar-refractivity contribution in [3.8, 4) is 0 Å². The molecule has 2 rings (SSSR count). The zero-order chi connectivity index (χ0) is 12.6. The molecule has 4 heteroatoms. The van der Waals surface area contributed by atoms with Gasteiger partial charge in [-0.25, -0.2) is 8.78 Å². The standard InChI is InChI=1S/C13H18F2N2/c1-8(2)17-6-5-12(16)13(17)9-3-4-10(14)11(15)7-9/h3-4,7-8,12-13H,5-6,16H2,1-2H3. The molecule has 0 spiro atoms. The fourth-order valence-corrected chi connectivity index (χ4v) is 2.56. The lowest BCUT2D eigenvalue weighted by Crippen LogP contribution is -2.36. The monoisotopic (exact) mass is 240 g/mol. The van der Waals surface area contributed by atoms with Crippen molar-refractivity contribution in [2.24, 2.45) is 5.73 Å². The average Bonchev–Trinajstić information content (AvgIpc) is 2.64. The van der Waals surface area contributed by atoms with Crippen LogP contribution in [-0.4, -0.2) is 23.5 Å². The first-order valence-corrected chi connectivity index (χ1v) is 5.97. The topological polar surface area (TPSA) is 29.3 Å². The van der Waals surface area contributed by atoms with Crippen LogP contribution in [0.1, 0.15) is 31.9 Å². The molecule has 2 nitrogen and oxygen atoms in total. The van der Waals surface area contributed by atoms with E-state index in [1.165, 1.54) is 12.1 Å².